The third-order valence-electron chi connectivity index (χ3n) is 3.62. The van der Waals surface area contributed by atoms with Gasteiger partial charge in [-0.3, -0.25) is 9.69 Å². The van der Waals surface area contributed by atoms with Crippen molar-refractivity contribution in [2.45, 2.75) is 38.3 Å². The second-order valence-electron chi connectivity index (χ2n) is 4.85. The number of amides is 1. The average molecular weight is 277 g/mol. The lowest BCUT2D eigenvalue weighted by molar-refractivity contribution is 0.0903. The zero-order chi connectivity index (χ0) is 13.7. The maximum absolute atomic E-state index is 11.9. The highest BCUT2D eigenvalue weighted by molar-refractivity contribution is 7.08. The smallest absolute Gasteiger partial charge is 0.252 e. The lowest BCUT2D eigenvalue weighted by Crippen LogP contribution is -2.47. The monoisotopic (exact) mass is 277 g/mol. The van der Waals surface area contributed by atoms with Gasteiger partial charge in [0.2, 0.25) is 0 Å². The van der Waals surface area contributed by atoms with Crippen LogP contribution in [0.2, 0.25) is 0 Å². The maximum atomic E-state index is 11.9. The number of hydrogen-bond acceptors (Lipinski definition) is 4. The summed E-state index contributed by atoms with van der Waals surface area (Å²) < 4.78 is 0. The van der Waals surface area contributed by atoms with Gasteiger partial charge >= 0.3 is 0 Å². The highest BCUT2D eigenvalue weighted by Crippen LogP contribution is 2.15. The Morgan fingerprint density at radius 1 is 1.63 bits per heavy atom. The van der Waals surface area contributed by atoms with Crippen LogP contribution >= 0.6 is 11.3 Å². The van der Waals surface area contributed by atoms with E-state index in [1.54, 1.807) is 0 Å². The summed E-state index contributed by atoms with van der Waals surface area (Å²) in [5, 5.41) is 15.9. The van der Waals surface area contributed by atoms with Gasteiger partial charge in [-0.25, -0.2) is 0 Å². The Labute approximate surface area is 118 Å². The first-order valence-corrected chi connectivity index (χ1v) is 7.65. The minimum Gasteiger partial charge on any atom is -0.349 e. The van der Waals surface area contributed by atoms with Gasteiger partial charge in [-0.1, -0.05) is 6.92 Å². The normalized spacial score (nSPS) is 18.7. The Morgan fingerprint density at radius 3 is 2.89 bits per heavy atom. The van der Waals surface area contributed by atoms with Crippen molar-refractivity contribution < 1.29 is 4.79 Å². The number of nitrogens with one attached hydrogen (secondary N) is 1. The van der Waals surface area contributed by atoms with Crippen LogP contribution in [0.15, 0.2) is 16.8 Å². The van der Waals surface area contributed by atoms with Gasteiger partial charge in [0.05, 0.1) is 12.1 Å². The van der Waals surface area contributed by atoms with Gasteiger partial charge < -0.3 is 5.32 Å². The van der Waals surface area contributed by atoms with E-state index in [-0.39, 0.29) is 18.0 Å². The molecule has 0 saturated carbocycles. The number of rotatable bonds is 4. The number of carbonyl (C=O) groups excluding carboxylic acids is 1. The minimum absolute atomic E-state index is 0.0204. The van der Waals surface area contributed by atoms with Gasteiger partial charge in [-0.05, 0) is 30.7 Å². The average Bonchev–Trinajstić information content (AvgIpc) is 2.96. The Balaban J connectivity index is 1.81. The van der Waals surface area contributed by atoms with Crippen LogP contribution in [-0.4, -0.2) is 36.0 Å². The molecular weight excluding hydrogens is 258 g/mol. The van der Waals surface area contributed by atoms with Crippen LogP contribution in [0.3, 0.4) is 0 Å². The largest absolute Gasteiger partial charge is 0.349 e. The second kappa shape index (κ2) is 6.69. The van der Waals surface area contributed by atoms with E-state index in [1.165, 1.54) is 11.3 Å². The third kappa shape index (κ3) is 3.55. The Bertz CT molecular complexity index is 444. The number of thiophene rings is 1. The summed E-state index contributed by atoms with van der Waals surface area (Å²) in [6, 6.07) is 4.44. The molecule has 1 amide bonds. The SMILES string of the molecule is CC[C@H](C#N)N1CCC(NC(=O)c2ccsc2)CC1. The molecule has 4 nitrogen and oxygen atoms in total. The van der Waals surface area contributed by atoms with Crippen molar-refractivity contribution in [3.8, 4) is 6.07 Å². The lowest BCUT2D eigenvalue weighted by atomic mass is 10.0. The van der Waals surface area contributed by atoms with E-state index in [0.717, 1.165) is 37.9 Å². The highest BCUT2D eigenvalue weighted by Gasteiger charge is 2.25. The molecule has 0 bridgehead atoms. The van der Waals surface area contributed by atoms with E-state index in [4.69, 9.17) is 5.26 Å². The fourth-order valence-electron chi connectivity index (χ4n) is 2.45. The topological polar surface area (TPSA) is 56.1 Å². The van der Waals surface area contributed by atoms with Gasteiger partial charge in [0, 0.05) is 30.1 Å². The van der Waals surface area contributed by atoms with Crippen LogP contribution in [0.25, 0.3) is 0 Å². The molecule has 1 aromatic rings. The second-order valence-corrected chi connectivity index (χ2v) is 5.63. The lowest BCUT2D eigenvalue weighted by Gasteiger charge is -2.34. The molecule has 1 aliphatic rings. The zero-order valence-corrected chi connectivity index (χ0v) is 11.9. The predicted molar refractivity (Wildman–Crippen MR) is 76.1 cm³/mol. The molecule has 1 aromatic heterocycles. The van der Waals surface area contributed by atoms with Gasteiger partial charge in [0.1, 0.15) is 0 Å². The van der Waals surface area contributed by atoms with E-state index in [2.05, 4.69) is 16.3 Å². The van der Waals surface area contributed by atoms with Gasteiger partial charge in [-0.2, -0.15) is 16.6 Å². The number of likely N-dealkylation sites (tertiary alicyclic amines) is 1. The van der Waals surface area contributed by atoms with Crippen molar-refractivity contribution in [2.24, 2.45) is 0 Å². The molecule has 1 atom stereocenters. The molecule has 0 unspecified atom stereocenters. The van der Waals surface area contributed by atoms with Gasteiger partial charge in [0.25, 0.3) is 5.91 Å². The molecule has 0 aromatic carbocycles. The summed E-state index contributed by atoms with van der Waals surface area (Å²) >= 11 is 1.54. The number of nitriles is 1. The molecule has 0 radical (unpaired) electrons. The van der Waals surface area contributed by atoms with E-state index < -0.39 is 0 Å². The maximum Gasteiger partial charge on any atom is 0.252 e. The van der Waals surface area contributed by atoms with E-state index in [9.17, 15) is 4.79 Å². The summed E-state index contributed by atoms with van der Waals surface area (Å²) in [7, 11) is 0. The standard InChI is InChI=1S/C14H19N3OS/c1-2-13(9-15)17-6-3-12(4-7-17)16-14(18)11-5-8-19-10-11/h5,8,10,12-13H,2-4,6-7H2,1H3,(H,16,18)/t13-/m1/s1. The molecule has 2 heterocycles. The molecule has 1 aliphatic heterocycles. The molecular formula is C14H19N3OS. The Hall–Kier alpha value is -1.38. The van der Waals surface area contributed by atoms with Gasteiger partial charge in [0.15, 0.2) is 0 Å². The highest BCUT2D eigenvalue weighted by atomic mass is 32.1. The molecule has 5 heteroatoms. The molecule has 2 rings (SSSR count). The predicted octanol–water partition coefficient (Wildman–Crippen LogP) is 2.24. The molecule has 1 N–H and O–H groups in total. The summed E-state index contributed by atoms with van der Waals surface area (Å²) in [5.74, 6) is 0.0204. The van der Waals surface area contributed by atoms with E-state index in [0.29, 0.717) is 0 Å². The fraction of sp³-hybridized carbons (Fsp3) is 0.571. The number of nitrogens with zero attached hydrogens (tertiary/aromatic N) is 2. The quantitative estimate of drug-likeness (QED) is 0.918. The summed E-state index contributed by atoms with van der Waals surface area (Å²) in [6.07, 6.45) is 2.71. The minimum atomic E-state index is 0.0204. The number of piperidine rings is 1. The third-order valence-corrected chi connectivity index (χ3v) is 4.31. The molecule has 19 heavy (non-hydrogen) atoms. The van der Waals surface area contributed by atoms with Crippen molar-refractivity contribution >= 4 is 17.2 Å². The van der Waals surface area contributed by atoms with Crippen LogP contribution < -0.4 is 5.32 Å². The molecule has 1 saturated heterocycles. The van der Waals surface area contributed by atoms with Crippen LogP contribution in [0.4, 0.5) is 0 Å². The molecule has 0 spiro atoms. The van der Waals surface area contributed by atoms with Crippen LogP contribution in [0, 0.1) is 11.3 Å². The van der Waals surface area contributed by atoms with Crippen molar-refractivity contribution in [1.29, 1.82) is 5.26 Å². The van der Waals surface area contributed by atoms with Crippen molar-refractivity contribution in [2.75, 3.05) is 13.1 Å². The van der Waals surface area contributed by atoms with E-state index >= 15 is 0 Å². The molecule has 0 aliphatic carbocycles. The van der Waals surface area contributed by atoms with E-state index in [1.807, 2.05) is 23.8 Å². The molecule has 102 valence electrons. The summed E-state index contributed by atoms with van der Waals surface area (Å²) in [6.45, 7) is 3.82. The summed E-state index contributed by atoms with van der Waals surface area (Å²) in [5.41, 5.74) is 0.746. The Kier molecular flexibility index (Phi) is 4.94. The first-order valence-electron chi connectivity index (χ1n) is 6.71. The van der Waals surface area contributed by atoms with Crippen molar-refractivity contribution in [3.63, 3.8) is 0 Å². The zero-order valence-electron chi connectivity index (χ0n) is 11.1. The van der Waals surface area contributed by atoms with Crippen molar-refractivity contribution in [3.05, 3.63) is 22.4 Å². The van der Waals surface area contributed by atoms with Crippen LogP contribution in [0.1, 0.15) is 36.5 Å². The first-order chi connectivity index (χ1) is 9.24. The molecule has 1 fully saturated rings. The fourth-order valence-corrected chi connectivity index (χ4v) is 3.08. The first kappa shape index (κ1) is 14.0. The van der Waals surface area contributed by atoms with Gasteiger partial charge in [-0.15, -0.1) is 0 Å². The summed E-state index contributed by atoms with van der Waals surface area (Å²) in [4.78, 5) is 14.1. The number of carbonyl (C=O) groups is 1. The van der Waals surface area contributed by atoms with Crippen LogP contribution in [0.5, 0.6) is 0 Å². The number of hydrogen-bond donors (Lipinski definition) is 1. The van der Waals surface area contributed by atoms with Crippen molar-refractivity contribution in [1.82, 2.24) is 10.2 Å². The Morgan fingerprint density at radius 2 is 2.37 bits per heavy atom. The van der Waals surface area contributed by atoms with Crippen LogP contribution in [-0.2, 0) is 0 Å².